The second-order valence-electron chi connectivity index (χ2n) is 1.89. The largest absolute Gasteiger partial charge is 0.291 e. The summed E-state index contributed by atoms with van der Waals surface area (Å²) in [5.74, 6) is 0. The maximum absolute atomic E-state index is 4.03. The Bertz CT molecular complexity index is 201. The SMILES string of the molecule is C=C1C/C=N\C/C=N\C=N/1. The van der Waals surface area contributed by atoms with Crippen LogP contribution in [0.3, 0.4) is 0 Å². The first-order chi connectivity index (χ1) is 4.89. The van der Waals surface area contributed by atoms with Crippen LogP contribution in [-0.4, -0.2) is 25.3 Å². The van der Waals surface area contributed by atoms with Crippen LogP contribution in [0.2, 0.25) is 0 Å². The maximum Gasteiger partial charge on any atom is 0.115 e. The molecule has 1 rings (SSSR count). The van der Waals surface area contributed by atoms with Gasteiger partial charge in [-0.3, -0.25) is 4.99 Å². The molecule has 0 saturated heterocycles. The molecule has 0 unspecified atom stereocenters. The van der Waals surface area contributed by atoms with E-state index >= 15 is 0 Å². The Morgan fingerprint density at radius 1 is 1.40 bits per heavy atom. The molecule has 0 fully saturated rings. The van der Waals surface area contributed by atoms with Crippen molar-refractivity contribution >= 4 is 18.8 Å². The Morgan fingerprint density at radius 2 is 2.30 bits per heavy atom. The average Bonchev–Trinajstić information content (AvgIpc) is 2.02. The zero-order chi connectivity index (χ0) is 7.23. The van der Waals surface area contributed by atoms with Gasteiger partial charge in [-0.05, 0) is 0 Å². The summed E-state index contributed by atoms with van der Waals surface area (Å²) in [6.45, 7) is 4.33. The third kappa shape index (κ3) is 2.35. The highest BCUT2D eigenvalue weighted by Gasteiger charge is 1.85. The molecule has 10 heavy (non-hydrogen) atoms. The first kappa shape index (κ1) is 6.86. The van der Waals surface area contributed by atoms with Crippen molar-refractivity contribution in [3.8, 4) is 0 Å². The Labute approximate surface area is 59.9 Å². The second-order valence-corrected chi connectivity index (χ2v) is 1.89. The fourth-order valence-corrected chi connectivity index (χ4v) is 0.554. The fraction of sp³-hybridized carbons (Fsp3) is 0.286. The van der Waals surface area contributed by atoms with Gasteiger partial charge in [-0.15, -0.1) is 0 Å². The van der Waals surface area contributed by atoms with Crippen LogP contribution in [0.5, 0.6) is 0 Å². The lowest BCUT2D eigenvalue weighted by atomic mass is 10.4. The van der Waals surface area contributed by atoms with E-state index in [1.54, 1.807) is 12.4 Å². The smallest absolute Gasteiger partial charge is 0.115 e. The zero-order valence-electron chi connectivity index (χ0n) is 5.70. The summed E-state index contributed by atoms with van der Waals surface area (Å²) in [4.78, 5) is 11.8. The summed E-state index contributed by atoms with van der Waals surface area (Å²) in [5.41, 5.74) is 0.794. The predicted molar refractivity (Wildman–Crippen MR) is 44.1 cm³/mol. The Balaban J connectivity index is 2.62. The predicted octanol–water partition coefficient (Wildman–Crippen LogP) is 1.07. The van der Waals surface area contributed by atoms with Gasteiger partial charge in [-0.25, -0.2) is 9.98 Å². The molecule has 0 atom stereocenters. The minimum absolute atomic E-state index is 0.638. The number of rotatable bonds is 0. The lowest BCUT2D eigenvalue weighted by Gasteiger charge is -1.87. The molecular formula is C7H9N3. The second kappa shape index (κ2) is 3.71. The molecule has 1 aliphatic heterocycles. The Morgan fingerprint density at radius 3 is 3.20 bits per heavy atom. The van der Waals surface area contributed by atoms with Crippen LogP contribution in [-0.2, 0) is 0 Å². The molecule has 3 nitrogen and oxygen atoms in total. The van der Waals surface area contributed by atoms with Crippen LogP contribution in [0.15, 0.2) is 27.3 Å². The highest BCUT2D eigenvalue weighted by molar-refractivity contribution is 5.76. The molecule has 0 saturated carbocycles. The van der Waals surface area contributed by atoms with E-state index in [4.69, 9.17) is 0 Å². The van der Waals surface area contributed by atoms with Crippen molar-refractivity contribution < 1.29 is 0 Å². The lowest BCUT2D eigenvalue weighted by Crippen LogP contribution is -1.81. The van der Waals surface area contributed by atoms with Gasteiger partial charge in [0, 0.05) is 24.5 Å². The van der Waals surface area contributed by atoms with E-state index < -0.39 is 0 Å². The average molecular weight is 135 g/mol. The number of nitrogens with zero attached hydrogens (tertiary/aromatic N) is 3. The van der Waals surface area contributed by atoms with Crippen LogP contribution < -0.4 is 0 Å². The third-order valence-corrected chi connectivity index (χ3v) is 1.06. The van der Waals surface area contributed by atoms with Gasteiger partial charge in [0.05, 0.1) is 6.54 Å². The van der Waals surface area contributed by atoms with Gasteiger partial charge in [0.2, 0.25) is 0 Å². The molecule has 1 aliphatic rings. The minimum Gasteiger partial charge on any atom is -0.291 e. The quantitative estimate of drug-likeness (QED) is 0.476. The highest BCUT2D eigenvalue weighted by atomic mass is 14.9. The number of allylic oxidation sites excluding steroid dienone is 1. The van der Waals surface area contributed by atoms with E-state index in [9.17, 15) is 0 Å². The summed E-state index contributed by atoms with van der Waals surface area (Å²) < 4.78 is 0. The Hall–Kier alpha value is -1.25. The van der Waals surface area contributed by atoms with E-state index in [1.807, 2.05) is 0 Å². The van der Waals surface area contributed by atoms with E-state index in [0.717, 1.165) is 12.1 Å². The fourth-order valence-electron chi connectivity index (χ4n) is 0.554. The highest BCUT2D eigenvalue weighted by Crippen LogP contribution is 1.96. The van der Waals surface area contributed by atoms with Crippen molar-refractivity contribution in [1.29, 1.82) is 0 Å². The van der Waals surface area contributed by atoms with Crippen molar-refractivity contribution in [2.45, 2.75) is 6.42 Å². The third-order valence-electron chi connectivity index (χ3n) is 1.06. The van der Waals surface area contributed by atoms with Gasteiger partial charge in [-0.2, -0.15) is 0 Å². The monoisotopic (exact) mass is 135 g/mol. The maximum atomic E-state index is 4.03. The minimum atomic E-state index is 0.638. The molecule has 0 amide bonds. The van der Waals surface area contributed by atoms with E-state index in [2.05, 4.69) is 21.6 Å². The van der Waals surface area contributed by atoms with E-state index in [0.29, 0.717) is 6.54 Å². The standard InChI is InChI=1S/C7H9N3/c1-7-2-3-8-4-5-9-6-10-7/h3,5-6H,1-2,4H2/b8-3-,9-5-,10-6-. The molecule has 0 aromatic carbocycles. The molecule has 0 aromatic rings. The summed E-state index contributed by atoms with van der Waals surface area (Å²) in [6, 6.07) is 0. The lowest BCUT2D eigenvalue weighted by molar-refractivity contribution is 1.23. The normalized spacial score (nSPS) is 27.8. The molecule has 1 heterocycles. The molecule has 52 valence electrons. The summed E-state index contributed by atoms with van der Waals surface area (Å²) in [7, 11) is 0. The zero-order valence-corrected chi connectivity index (χ0v) is 5.70. The summed E-state index contributed by atoms with van der Waals surface area (Å²) >= 11 is 0. The number of aliphatic imine (C=N–C) groups is 3. The molecule has 0 spiro atoms. The van der Waals surface area contributed by atoms with Gasteiger partial charge in [0.25, 0.3) is 0 Å². The van der Waals surface area contributed by atoms with Gasteiger partial charge in [-0.1, -0.05) is 6.58 Å². The van der Waals surface area contributed by atoms with Crippen molar-refractivity contribution in [2.24, 2.45) is 15.0 Å². The van der Waals surface area contributed by atoms with Crippen molar-refractivity contribution in [2.75, 3.05) is 6.54 Å². The molecule has 3 heteroatoms. The first-order valence-corrected chi connectivity index (χ1v) is 3.10. The van der Waals surface area contributed by atoms with Crippen molar-refractivity contribution in [1.82, 2.24) is 0 Å². The molecule has 0 radical (unpaired) electrons. The molecular weight excluding hydrogens is 126 g/mol. The molecule has 0 aromatic heterocycles. The van der Waals surface area contributed by atoms with Gasteiger partial charge in [0.15, 0.2) is 0 Å². The van der Waals surface area contributed by atoms with E-state index in [-0.39, 0.29) is 0 Å². The van der Waals surface area contributed by atoms with Crippen LogP contribution in [0.4, 0.5) is 0 Å². The van der Waals surface area contributed by atoms with Crippen molar-refractivity contribution in [3.63, 3.8) is 0 Å². The molecule has 0 N–H and O–H groups in total. The van der Waals surface area contributed by atoms with Crippen molar-refractivity contribution in [3.05, 3.63) is 12.3 Å². The summed E-state index contributed by atoms with van der Waals surface area (Å²) in [6.07, 6.45) is 5.73. The van der Waals surface area contributed by atoms with Crippen LogP contribution in [0.25, 0.3) is 0 Å². The van der Waals surface area contributed by atoms with Gasteiger partial charge in [0.1, 0.15) is 6.34 Å². The van der Waals surface area contributed by atoms with E-state index in [1.165, 1.54) is 6.34 Å². The van der Waals surface area contributed by atoms with Crippen LogP contribution >= 0.6 is 0 Å². The van der Waals surface area contributed by atoms with Crippen LogP contribution in [0, 0.1) is 0 Å². The number of hydrogen-bond donors (Lipinski definition) is 0. The van der Waals surface area contributed by atoms with Gasteiger partial charge >= 0.3 is 0 Å². The van der Waals surface area contributed by atoms with Gasteiger partial charge < -0.3 is 0 Å². The summed E-state index contributed by atoms with van der Waals surface area (Å²) in [5, 5.41) is 0. The Kier molecular flexibility index (Phi) is 2.55. The first-order valence-electron chi connectivity index (χ1n) is 3.10. The number of hydrogen-bond acceptors (Lipinski definition) is 3. The van der Waals surface area contributed by atoms with Crippen LogP contribution in [0.1, 0.15) is 6.42 Å². The topological polar surface area (TPSA) is 37.1 Å². The molecule has 0 bridgehead atoms. The molecule has 0 aliphatic carbocycles.